The monoisotopic (exact) mass is 229 g/mol. The molecule has 0 aliphatic rings. The summed E-state index contributed by atoms with van der Waals surface area (Å²) in [6, 6.07) is 0. The minimum atomic E-state index is -0.100. The Kier molecular flexibility index (Phi) is 8.52. The molecule has 0 unspecified atom stereocenters. The van der Waals surface area contributed by atoms with Crippen molar-refractivity contribution in [2.75, 3.05) is 26.7 Å². The topological polar surface area (TPSA) is 75.4 Å². The Morgan fingerprint density at radius 3 is 2.56 bits per heavy atom. The standard InChI is InChI=1S/C11H23N3O2/c1-3-8-13-10(15)9-14(2)11(16)6-4-5-7-12/h3-9,12H2,1-2H3,(H,13,15). The molecule has 0 heterocycles. The third-order valence-electron chi connectivity index (χ3n) is 2.22. The summed E-state index contributed by atoms with van der Waals surface area (Å²) in [6.07, 6.45) is 3.01. The summed E-state index contributed by atoms with van der Waals surface area (Å²) in [5.41, 5.74) is 5.34. The van der Waals surface area contributed by atoms with E-state index in [1.165, 1.54) is 4.90 Å². The van der Waals surface area contributed by atoms with E-state index in [4.69, 9.17) is 5.73 Å². The molecule has 0 aromatic carbocycles. The second kappa shape index (κ2) is 9.15. The van der Waals surface area contributed by atoms with Gasteiger partial charge < -0.3 is 16.0 Å². The molecule has 5 nitrogen and oxygen atoms in total. The van der Waals surface area contributed by atoms with Crippen LogP contribution in [0.25, 0.3) is 0 Å². The third-order valence-corrected chi connectivity index (χ3v) is 2.22. The van der Waals surface area contributed by atoms with Gasteiger partial charge in [-0.25, -0.2) is 0 Å². The van der Waals surface area contributed by atoms with Gasteiger partial charge in [-0.1, -0.05) is 6.92 Å². The molecule has 94 valence electrons. The van der Waals surface area contributed by atoms with E-state index in [2.05, 4.69) is 5.32 Å². The van der Waals surface area contributed by atoms with Crippen LogP contribution in [0.15, 0.2) is 0 Å². The van der Waals surface area contributed by atoms with E-state index in [1.807, 2.05) is 6.92 Å². The number of rotatable bonds is 8. The third kappa shape index (κ3) is 7.23. The average Bonchev–Trinajstić information content (AvgIpc) is 2.26. The normalized spacial score (nSPS) is 9.94. The van der Waals surface area contributed by atoms with Crippen LogP contribution < -0.4 is 11.1 Å². The molecule has 0 aliphatic carbocycles. The van der Waals surface area contributed by atoms with Crippen LogP contribution in [0, 0.1) is 0 Å². The largest absolute Gasteiger partial charge is 0.355 e. The van der Waals surface area contributed by atoms with Crippen LogP contribution >= 0.6 is 0 Å². The van der Waals surface area contributed by atoms with Crippen molar-refractivity contribution in [1.29, 1.82) is 0 Å². The maximum atomic E-state index is 11.5. The first-order valence-electron chi connectivity index (χ1n) is 5.82. The van der Waals surface area contributed by atoms with Gasteiger partial charge in [0.25, 0.3) is 0 Å². The summed E-state index contributed by atoms with van der Waals surface area (Å²) in [7, 11) is 1.65. The minimum absolute atomic E-state index is 0.0000912. The molecule has 0 atom stereocenters. The number of hydrogen-bond acceptors (Lipinski definition) is 3. The van der Waals surface area contributed by atoms with Gasteiger partial charge in [0.2, 0.25) is 11.8 Å². The number of unbranched alkanes of at least 4 members (excludes halogenated alkanes) is 1. The predicted molar refractivity (Wildman–Crippen MR) is 63.8 cm³/mol. The maximum Gasteiger partial charge on any atom is 0.239 e. The molecular formula is C11H23N3O2. The Hall–Kier alpha value is -1.10. The lowest BCUT2D eigenvalue weighted by Gasteiger charge is -2.16. The quantitative estimate of drug-likeness (QED) is 0.580. The summed E-state index contributed by atoms with van der Waals surface area (Å²) in [4.78, 5) is 24.3. The van der Waals surface area contributed by atoms with Gasteiger partial charge in [0, 0.05) is 20.0 Å². The lowest BCUT2D eigenvalue weighted by Crippen LogP contribution is -2.38. The van der Waals surface area contributed by atoms with E-state index >= 15 is 0 Å². The number of hydrogen-bond donors (Lipinski definition) is 2. The van der Waals surface area contributed by atoms with Gasteiger partial charge >= 0.3 is 0 Å². The van der Waals surface area contributed by atoms with Crippen LogP contribution in [0.5, 0.6) is 0 Å². The van der Waals surface area contributed by atoms with E-state index in [9.17, 15) is 9.59 Å². The molecule has 16 heavy (non-hydrogen) atoms. The molecular weight excluding hydrogens is 206 g/mol. The van der Waals surface area contributed by atoms with Crippen LogP contribution in [-0.2, 0) is 9.59 Å². The predicted octanol–water partition coefficient (Wildman–Crippen LogP) is 0.100. The number of nitrogens with zero attached hydrogens (tertiary/aromatic N) is 1. The molecule has 0 saturated heterocycles. The van der Waals surface area contributed by atoms with Gasteiger partial charge in [0.1, 0.15) is 0 Å². The molecule has 0 aromatic heterocycles. The van der Waals surface area contributed by atoms with Crippen molar-refractivity contribution in [3.8, 4) is 0 Å². The van der Waals surface area contributed by atoms with Crippen LogP contribution in [0.1, 0.15) is 32.6 Å². The zero-order valence-corrected chi connectivity index (χ0v) is 10.3. The smallest absolute Gasteiger partial charge is 0.239 e. The highest BCUT2D eigenvalue weighted by atomic mass is 16.2. The number of carbonyl (C=O) groups is 2. The van der Waals surface area contributed by atoms with Gasteiger partial charge in [-0.3, -0.25) is 9.59 Å². The van der Waals surface area contributed by atoms with Crippen molar-refractivity contribution >= 4 is 11.8 Å². The van der Waals surface area contributed by atoms with Crippen molar-refractivity contribution in [3.05, 3.63) is 0 Å². The molecule has 5 heteroatoms. The first-order chi connectivity index (χ1) is 7.61. The van der Waals surface area contributed by atoms with Crippen molar-refractivity contribution in [3.63, 3.8) is 0 Å². The van der Waals surface area contributed by atoms with Gasteiger partial charge in [0.05, 0.1) is 6.54 Å². The minimum Gasteiger partial charge on any atom is -0.355 e. The molecule has 0 bridgehead atoms. The van der Waals surface area contributed by atoms with Crippen molar-refractivity contribution < 1.29 is 9.59 Å². The fourth-order valence-electron chi connectivity index (χ4n) is 1.24. The van der Waals surface area contributed by atoms with Crippen LogP contribution in [0.3, 0.4) is 0 Å². The summed E-state index contributed by atoms with van der Waals surface area (Å²) in [5.74, 6) is -0.100. The average molecular weight is 229 g/mol. The molecule has 2 amide bonds. The number of nitrogens with one attached hydrogen (secondary N) is 1. The van der Waals surface area contributed by atoms with E-state index in [-0.39, 0.29) is 18.4 Å². The summed E-state index contributed by atoms with van der Waals surface area (Å²) in [6.45, 7) is 3.39. The zero-order valence-electron chi connectivity index (χ0n) is 10.3. The molecule has 0 spiro atoms. The van der Waals surface area contributed by atoms with Gasteiger partial charge in [-0.15, -0.1) is 0 Å². The number of nitrogens with two attached hydrogens (primary N) is 1. The second-order valence-corrected chi connectivity index (χ2v) is 3.85. The summed E-state index contributed by atoms with van der Waals surface area (Å²) < 4.78 is 0. The fourth-order valence-corrected chi connectivity index (χ4v) is 1.24. The SMILES string of the molecule is CCCNC(=O)CN(C)C(=O)CCCCN. The first kappa shape index (κ1) is 14.9. The van der Waals surface area contributed by atoms with Crippen LogP contribution in [-0.4, -0.2) is 43.4 Å². The Bertz CT molecular complexity index is 219. The molecule has 0 radical (unpaired) electrons. The van der Waals surface area contributed by atoms with E-state index in [1.54, 1.807) is 7.05 Å². The Morgan fingerprint density at radius 2 is 2.00 bits per heavy atom. The molecule has 0 fully saturated rings. The lowest BCUT2D eigenvalue weighted by atomic mass is 10.2. The summed E-state index contributed by atoms with van der Waals surface area (Å²) in [5, 5.41) is 2.73. The van der Waals surface area contributed by atoms with E-state index < -0.39 is 0 Å². The number of likely N-dealkylation sites (N-methyl/N-ethyl adjacent to an activating group) is 1. The zero-order chi connectivity index (χ0) is 12.4. The molecule has 0 rings (SSSR count). The van der Waals surface area contributed by atoms with Gasteiger partial charge in [0.15, 0.2) is 0 Å². The highest BCUT2D eigenvalue weighted by Gasteiger charge is 2.11. The van der Waals surface area contributed by atoms with Gasteiger partial charge in [-0.2, -0.15) is 0 Å². The van der Waals surface area contributed by atoms with Crippen molar-refractivity contribution in [2.45, 2.75) is 32.6 Å². The van der Waals surface area contributed by atoms with Crippen molar-refractivity contribution in [2.24, 2.45) is 5.73 Å². The number of amides is 2. The van der Waals surface area contributed by atoms with E-state index in [0.29, 0.717) is 19.5 Å². The maximum absolute atomic E-state index is 11.5. The fraction of sp³-hybridized carbons (Fsp3) is 0.818. The molecule has 0 saturated carbocycles. The Labute approximate surface area is 97.4 Å². The molecule has 3 N–H and O–H groups in total. The van der Waals surface area contributed by atoms with Crippen LogP contribution in [0.4, 0.5) is 0 Å². The second-order valence-electron chi connectivity index (χ2n) is 3.85. The van der Waals surface area contributed by atoms with Crippen LogP contribution in [0.2, 0.25) is 0 Å². The summed E-state index contributed by atoms with van der Waals surface area (Å²) >= 11 is 0. The molecule has 0 aromatic rings. The lowest BCUT2D eigenvalue weighted by molar-refractivity contribution is -0.134. The van der Waals surface area contributed by atoms with E-state index in [0.717, 1.165) is 19.3 Å². The Morgan fingerprint density at radius 1 is 1.31 bits per heavy atom. The molecule has 0 aliphatic heterocycles. The van der Waals surface area contributed by atoms with Gasteiger partial charge in [-0.05, 0) is 25.8 Å². The highest BCUT2D eigenvalue weighted by molar-refractivity contribution is 5.84. The Balaban J connectivity index is 3.73. The number of carbonyl (C=O) groups excluding carboxylic acids is 2. The van der Waals surface area contributed by atoms with Crippen molar-refractivity contribution in [1.82, 2.24) is 10.2 Å². The first-order valence-corrected chi connectivity index (χ1v) is 5.82. The highest BCUT2D eigenvalue weighted by Crippen LogP contribution is 1.98.